The lowest BCUT2D eigenvalue weighted by Gasteiger charge is -2.11. The topological polar surface area (TPSA) is 98.1 Å². The number of hydrogen-bond donors (Lipinski definition) is 2. The van der Waals surface area contributed by atoms with Crippen LogP contribution in [-0.4, -0.2) is 39.4 Å². The molecule has 0 saturated heterocycles. The zero-order chi connectivity index (χ0) is 23.1. The first-order chi connectivity index (χ1) is 15.4. The number of amides is 2. The van der Waals surface area contributed by atoms with Crippen LogP contribution < -0.4 is 15.4 Å². The lowest BCUT2D eigenvalue weighted by molar-refractivity contribution is -0.113. The quantitative estimate of drug-likeness (QED) is 0.481. The Morgan fingerprint density at radius 1 is 1.09 bits per heavy atom. The molecule has 0 aliphatic carbocycles. The van der Waals surface area contributed by atoms with E-state index < -0.39 is 0 Å². The Morgan fingerprint density at radius 3 is 2.53 bits per heavy atom. The van der Waals surface area contributed by atoms with E-state index in [2.05, 4.69) is 20.8 Å². The molecule has 168 valence electrons. The van der Waals surface area contributed by atoms with Gasteiger partial charge in [0, 0.05) is 17.8 Å². The van der Waals surface area contributed by atoms with E-state index >= 15 is 0 Å². The second kappa shape index (κ2) is 10.8. The van der Waals surface area contributed by atoms with E-state index in [0.717, 1.165) is 16.8 Å². The summed E-state index contributed by atoms with van der Waals surface area (Å²) >= 11 is 1.32. The lowest BCUT2D eigenvalue weighted by Crippen LogP contribution is -2.24. The van der Waals surface area contributed by atoms with Crippen LogP contribution in [0.4, 0.5) is 5.69 Å². The molecule has 0 aliphatic rings. The summed E-state index contributed by atoms with van der Waals surface area (Å²) in [7, 11) is 1.58. The van der Waals surface area contributed by atoms with Crippen molar-refractivity contribution in [3.8, 4) is 5.75 Å². The molecule has 1 heterocycles. The van der Waals surface area contributed by atoms with Gasteiger partial charge in [0.25, 0.3) is 5.91 Å². The number of carbonyl (C=O) groups is 2. The van der Waals surface area contributed by atoms with E-state index in [1.165, 1.54) is 11.8 Å². The summed E-state index contributed by atoms with van der Waals surface area (Å²) < 4.78 is 7.00. The summed E-state index contributed by atoms with van der Waals surface area (Å²) in [6.45, 7) is 6.83. The van der Waals surface area contributed by atoms with Gasteiger partial charge in [0.05, 0.1) is 19.4 Å². The molecule has 32 heavy (non-hydrogen) atoms. The largest absolute Gasteiger partial charge is 0.497 e. The number of methoxy groups -OCH3 is 1. The number of aryl methyl sites for hydroxylation is 1. The van der Waals surface area contributed by atoms with Crippen molar-refractivity contribution in [1.29, 1.82) is 0 Å². The van der Waals surface area contributed by atoms with E-state index in [-0.39, 0.29) is 24.1 Å². The van der Waals surface area contributed by atoms with Crippen LogP contribution in [0.2, 0.25) is 0 Å². The van der Waals surface area contributed by atoms with Crippen LogP contribution >= 0.6 is 11.8 Å². The predicted molar refractivity (Wildman–Crippen MR) is 125 cm³/mol. The average Bonchev–Trinajstić information content (AvgIpc) is 3.21. The Hall–Kier alpha value is -3.33. The minimum atomic E-state index is -0.208. The van der Waals surface area contributed by atoms with Gasteiger partial charge in [0.15, 0.2) is 11.0 Å². The molecule has 8 nitrogen and oxygen atoms in total. The van der Waals surface area contributed by atoms with Gasteiger partial charge in [-0.3, -0.25) is 9.59 Å². The van der Waals surface area contributed by atoms with E-state index in [9.17, 15) is 9.59 Å². The normalized spacial score (nSPS) is 10.6. The fourth-order valence-electron chi connectivity index (χ4n) is 3.08. The minimum Gasteiger partial charge on any atom is -0.497 e. The van der Waals surface area contributed by atoms with Gasteiger partial charge in [0.2, 0.25) is 5.91 Å². The second-order valence-electron chi connectivity index (χ2n) is 7.14. The number of aromatic nitrogens is 3. The Balaban J connectivity index is 1.57. The highest BCUT2D eigenvalue weighted by Gasteiger charge is 2.15. The third-order valence-corrected chi connectivity index (χ3v) is 6.05. The molecule has 1 aromatic heterocycles. The van der Waals surface area contributed by atoms with Gasteiger partial charge < -0.3 is 19.9 Å². The zero-order valence-corrected chi connectivity index (χ0v) is 19.5. The molecule has 3 aromatic rings. The first-order valence-corrected chi connectivity index (χ1v) is 11.2. The van der Waals surface area contributed by atoms with E-state index in [1.54, 1.807) is 31.4 Å². The van der Waals surface area contributed by atoms with Crippen LogP contribution in [0.5, 0.6) is 5.75 Å². The minimum absolute atomic E-state index is 0.108. The highest BCUT2D eigenvalue weighted by Crippen LogP contribution is 2.21. The molecule has 2 amide bonds. The van der Waals surface area contributed by atoms with Crippen molar-refractivity contribution >= 4 is 29.3 Å². The van der Waals surface area contributed by atoms with Crippen LogP contribution in [0.15, 0.2) is 47.6 Å². The van der Waals surface area contributed by atoms with Crippen molar-refractivity contribution in [3.05, 3.63) is 65.0 Å². The van der Waals surface area contributed by atoms with Crippen LogP contribution in [0.25, 0.3) is 0 Å². The van der Waals surface area contributed by atoms with E-state index in [1.807, 2.05) is 43.5 Å². The van der Waals surface area contributed by atoms with Crippen molar-refractivity contribution in [2.45, 2.75) is 39.0 Å². The summed E-state index contributed by atoms with van der Waals surface area (Å²) in [4.78, 5) is 24.8. The molecular formula is C23H27N5O3S. The first kappa shape index (κ1) is 23.3. The van der Waals surface area contributed by atoms with Crippen molar-refractivity contribution < 1.29 is 14.3 Å². The number of nitrogens with zero attached hydrogens (tertiary/aromatic N) is 3. The van der Waals surface area contributed by atoms with Crippen LogP contribution in [0.1, 0.15) is 34.2 Å². The van der Waals surface area contributed by atoms with E-state index in [4.69, 9.17) is 4.74 Å². The number of thioether (sulfide) groups is 1. The molecular weight excluding hydrogens is 426 g/mol. The average molecular weight is 454 g/mol. The Labute approximate surface area is 191 Å². The lowest BCUT2D eigenvalue weighted by atomic mass is 10.1. The summed E-state index contributed by atoms with van der Waals surface area (Å²) in [6.07, 6.45) is 0. The molecule has 0 aliphatic heterocycles. The smallest absolute Gasteiger partial charge is 0.251 e. The predicted octanol–water partition coefficient (Wildman–Crippen LogP) is 3.58. The third-order valence-electron chi connectivity index (χ3n) is 5.08. The number of benzene rings is 2. The number of anilines is 1. The van der Waals surface area contributed by atoms with Crippen LogP contribution in [0.3, 0.4) is 0 Å². The number of carbonyl (C=O) groups excluding carboxylic acids is 2. The molecule has 0 bridgehead atoms. The number of nitrogens with one attached hydrogen (secondary N) is 2. The fraction of sp³-hybridized carbons (Fsp3) is 0.304. The molecule has 0 saturated carbocycles. The summed E-state index contributed by atoms with van der Waals surface area (Å²) in [5.41, 5.74) is 3.53. The van der Waals surface area contributed by atoms with Crippen LogP contribution in [-0.2, 0) is 17.9 Å². The van der Waals surface area contributed by atoms with Crippen LogP contribution in [0, 0.1) is 13.8 Å². The summed E-state index contributed by atoms with van der Waals surface area (Å²) in [5, 5.41) is 14.8. The van der Waals surface area contributed by atoms with Gasteiger partial charge in [-0.05, 0) is 62.2 Å². The van der Waals surface area contributed by atoms with Crippen molar-refractivity contribution in [1.82, 2.24) is 20.1 Å². The molecule has 3 rings (SSSR count). The van der Waals surface area contributed by atoms with Crippen molar-refractivity contribution in [2.24, 2.45) is 0 Å². The first-order valence-electron chi connectivity index (χ1n) is 10.3. The highest BCUT2D eigenvalue weighted by atomic mass is 32.2. The monoisotopic (exact) mass is 453 g/mol. The Kier molecular flexibility index (Phi) is 7.88. The third kappa shape index (κ3) is 5.67. The maximum atomic E-state index is 12.4. The Morgan fingerprint density at radius 2 is 1.84 bits per heavy atom. The number of ether oxygens (including phenoxy) is 1. The summed E-state index contributed by atoms with van der Waals surface area (Å²) in [5.74, 6) is 1.22. The SMILES string of the molecule is CCn1c(CNC(=O)c2ccc(OC)cc2)nnc1SCC(=O)Nc1cccc(C)c1C. The van der Waals surface area contributed by atoms with Crippen molar-refractivity contribution in [3.63, 3.8) is 0 Å². The maximum absolute atomic E-state index is 12.4. The van der Waals surface area contributed by atoms with E-state index in [0.29, 0.717) is 28.8 Å². The maximum Gasteiger partial charge on any atom is 0.251 e. The summed E-state index contributed by atoms with van der Waals surface area (Å²) in [6, 6.07) is 12.7. The van der Waals surface area contributed by atoms with Gasteiger partial charge >= 0.3 is 0 Å². The molecule has 0 atom stereocenters. The molecule has 0 fully saturated rings. The Bertz CT molecular complexity index is 1100. The van der Waals surface area contributed by atoms with Gasteiger partial charge in [-0.2, -0.15) is 0 Å². The number of rotatable bonds is 9. The standard InChI is InChI=1S/C23H27N5O3S/c1-5-28-20(13-24-22(30)17-9-11-18(31-4)12-10-17)26-27-23(28)32-14-21(29)25-19-8-6-7-15(2)16(19)3/h6-12H,5,13-14H2,1-4H3,(H,24,30)(H,25,29). The van der Waals surface area contributed by atoms with Gasteiger partial charge in [-0.15, -0.1) is 10.2 Å². The molecule has 2 aromatic carbocycles. The zero-order valence-electron chi connectivity index (χ0n) is 18.6. The number of hydrogen-bond acceptors (Lipinski definition) is 6. The molecule has 2 N–H and O–H groups in total. The fourth-order valence-corrected chi connectivity index (χ4v) is 3.90. The molecule has 0 spiro atoms. The van der Waals surface area contributed by atoms with Gasteiger partial charge in [-0.25, -0.2) is 0 Å². The molecule has 9 heteroatoms. The highest BCUT2D eigenvalue weighted by molar-refractivity contribution is 7.99. The van der Waals surface area contributed by atoms with Gasteiger partial charge in [0.1, 0.15) is 5.75 Å². The van der Waals surface area contributed by atoms with Gasteiger partial charge in [-0.1, -0.05) is 23.9 Å². The second-order valence-corrected chi connectivity index (χ2v) is 8.08. The molecule has 0 unspecified atom stereocenters. The van der Waals surface area contributed by atoms with Crippen molar-refractivity contribution in [2.75, 3.05) is 18.2 Å². The molecule has 0 radical (unpaired) electrons.